The summed E-state index contributed by atoms with van der Waals surface area (Å²) in [6.45, 7) is 12.2. The molecule has 0 N–H and O–H groups in total. The van der Waals surface area contributed by atoms with E-state index in [1.54, 1.807) is 16.3 Å². The molecule has 1 aromatic carbocycles. The molecule has 0 heterocycles. The van der Waals surface area contributed by atoms with Gasteiger partial charge < -0.3 is 0 Å². The van der Waals surface area contributed by atoms with E-state index in [2.05, 4.69) is 51.7 Å². The summed E-state index contributed by atoms with van der Waals surface area (Å²) in [5.41, 5.74) is 3.80. The Bertz CT molecular complexity index is 400. The Morgan fingerprint density at radius 2 is 1.94 bits per heavy atom. The van der Waals surface area contributed by atoms with Gasteiger partial charge in [-0.3, -0.25) is 0 Å². The predicted octanol–water partition coefficient (Wildman–Crippen LogP) is 3.85. The normalized spacial score (nSPS) is 24.6. The SMILES string of the molecule is CCC1(C)CCc2cccc([Si](C)(C)C)c21. The Morgan fingerprint density at radius 3 is 2.50 bits per heavy atom. The van der Waals surface area contributed by atoms with Crippen LogP contribution in [0.2, 0.25) is 19.6 Å². The van der Waals surface area contributed by atoms with Crippen molar-refractivity contribution < 1.29 is 0 Å². The van der Waals surface area contributed by atoms with Gasteiger partial charge in [0.15, 0.2) is 0 Å². The molecule has 1 atom stereocenters. The lowest BCUT2D eigenvalue weighted by atomic mass is 9.81. The molecule has 1 unspecified atom stereocenters. The molecule has 0 saturated heterocycles. The van der Waals surface area contributed by atoms with Crippen LogP contribution < -0.4 is 5.19 Å². The zero-order valence-corrected chi connectivity index (χ0v) is 12.4. The Labute approximate surface area is 101 Å². The molecule has 1 aromatic rings. The van der Waals surface area contributed by atoms with Crippen LogP contribution in [0, 0.1) is 0 Å². The van der Waals surface area contributed by atoms with E-state index in [-0.39, 0.29) is 0 Å². The van der Waals surface area contributed by atoms with E-state index < -0.39 is 8.07 Å². The number of benzene rings is 1. The van der Waals surface area contributed by atoms with Gasteiger partial charge in [0.25, 0.3) is 0 Å². The van der Waals surface area contributed by atoms with E-state index in [1.807, 2.05) is 0 Å². The lowest BCUT2D eigenvalue weighted by Crippen LogP contribution is -2.43. The van der Waals surface area contributed by atoms with E-state index in [1.165, 1.54) is 19.3 Å². The summed E-state index contributed by atoms with van der Waals surface area (Å²) in [4.78, 5) is 0. The number of aryl methyl sites for hydroxylation is 1. The van der Waals surface area contributed by atoms with Crippen LogP contribution in [0.1, 0.15) is 37.8 Å². The molecule has 0 nitrogen and oxygen atoms in total. The van der Waals surface area contributed by atoms with Crippen LogP contribution in [-0.2, 0) is 11.8 Å². The largest absolute Gasteiger partial charge is 0.0779 e. The van der Waals surface area contributed by atoms with Crippen molar-refractivity contribution in [2.75, 3.05) is 0 Å². The standard InChI is InChI=1S/C15H24Si/c1-6-15(2)11-10-12-8-7-9-13(14(12)15)16(3,4)5/h7-9H,6,10-11H2,1-5H3. The molecular weight excluding hydrogens is 208 g/mol. The molecule has 0 radical (unpaired) electrons. The van der Waals surface area contributed by atoms with Crippen molar-refractivity contribution in [2.45, 2.75) is 58.2 Å². The molecule has 0 aliphatic heterocycles. The molecular formula is C15H24Si. The maximum absolute atomic E-state index is 2.47. The average Bonchev–Trinajstić information content (AvgIpc) is 2.56. The molecule has 0 spiro atoms. The van der Waals surface area contributed by atoms with Crippen molar-refractivity contribution in [3.63, 3.8) is 0 Å². The first kappa shape index (κ1) is 11.9. The number of hydrogen-bond donors (Lipinski definition) is 0. The van der Waals surface area contributed by atoms with Gasteiger partial charge in [0.05, 0.1) is 8.07 Å². The van der Waals surface area contributed by atoms with Gasteiger partial charge >= 0.3 is 0 Å². The zero-order chi connectivity index (χ0) is 12.0. The second-order valence-electron chi connectivity index (χ2n) is 6.50. The van der Waals surface area contributed by atoms with E-state index in [4.69, 9.17) is 0 Å². The lowest BCUT2D eigenvalue weighted by Gasteiger charge is -2.30. The molecule has 1 heteroatoms. The van der Waals surface area contributed by atoms with Crippen LogP contribution in [0.3, 0.4) is 0 Å². The molecule has 0 amide bonds. The minimum absolute atomic E-state index is 0.451. The van der Waals surface area contributed by atoms with Crippen molar-refractivity contribution in [1.82, 2.24) is 0 Å². The van der Waals surface area contributed by atoms with Crippen LogP contribution in [0.5, 0.6) is 0 Å². The Hall–Kier alpha value is -0.563. The molecule has 0 bridgehead atoms. The first-order chi connectivity index (χ1) is 7.38. The second kappa shape index (κ2) is 3.73. The fourth-order valence-corrected chi connectivity index (χ4v) is 4.84. The Kier molecular flexibility index (Phi) is 2.78. The van der Waals surface area contributed by atoms with E-state index in [0.29, 0.717) is 5.41 Å². The quantitative estimate of drug-likeness (QED) is 0.680. The van der Waals surface area contributed by atoms with E-state index >= 15 is 0 Å². The molecule has 0 fully saturated rings. The Balaban J connectivity index is 2.63. The molecule has 1 aliphatic carbocycles. The van der Waals surface area contributed by atoms with Gasteiger partial charge in [-0.2, -0.15) is 0 Å². The topological polar surface area (TPSA) is 0 Å². The van der Waals surface area contributed by atoms with Crippen LogP contribution in [0.25, 0.3) is 0 Å². The van der Waals surface area contributed by atoms with E-state index in [9.17, 15) is 0 Å². The van der Waals surface area contributed by atoms with Crippen LogP contribution in [0.15, 0.2) is 18.2 Å². The summed E-state index contributed by atoms with van der Waals surface area (Å²) in [7, 11) is -1.20. The lowest BCUT2D eigenvalue weighted by molar-refractivity contribution is 0.455. The molecule has 2 rings (SSSR count). The monoisotopic (exact) mass is 232 g/mol. The third-order valence-electron chi connectivity index (χ3n) is 4.29. The van der Waals surface area contributed by atoms with Crippen molar-refractivity contribution in [3.8, 4) is 0 Å². The van der Waals surface area contributed by atoms with Crippen LogP contribution in [-0.4, -0.2) is 8.07 Å². The van der Waals surface area contributed by atoms with Gasteiger partial charge in [-0.25, -0.2) is 0 Å². The van der Waals surface area contributed by atoms with Gasteiger partial charge in [0, 0.05) is 0 Å². The van der Waals surface area contributed by atoms with Gasteiger partial charge in [0.2, 0.25) is 0 Å². The molecule has 0 saturated carbocycles. The number of rotatable bonds is 2. The van der Waals surface area contributed by atoms with Crippen LogP contribution in [0.4, 0.5) is 0 Å². The molecule has 16 heavy (non-hydrogen) atoms. The third-order valence-corrected chi connectivity index (χ3v) is 6.32. The summed E-state index contributed by atoms with van der Waals surface area (Å²) in [5, 5.41) is 1.70. The minimum atomic E-state index is -1.20. The summed E-state index contributed by atoms with van der Waals surface area (Å²) >= 11 is 0. The average molecular weight is 232 g/mol. The summed E-state index contributed by atoms with van der Waals surface area (Å²) in [6.07, 6.45) is 3.92. The molecule has 1 aliphatic rings. The summed E-state index contributed by atoms with van der Waals surface area (Å²) < 4.78 is 0. The summed E-state index contributed by atoms with van der Waals surface area (Å²) in [6, 6.07) is 7.01. The highest BCUT2D eigenvalue weighted by Crippen LogP contribution is 2.40. The third kappa shape index (κ3) is 1.75. The Morgan fingerprint density at radius 1 is 1.25 bits per heavy atom. The maximum Gasteiger partial charge on any atom is 0.0779 e. The van der Waals surface area contributed by atoms with Gasteiger partial charge in [-0.05, 0) is 35.8 Å². The summed E-state index contributed by atoms with van der Waals surface area (Å²) in [5.74, 6) is 0. The number of fused-ring (bicyclic) bond motifs is 1. The van der Waals surface area contributed by atoms with Gasteiger partial charge in [0.1, 0.15) is 0 Å². The molecule has 0 aromatic heterocycles. The minimum Gasteiger partial charge on any atom is -0.0656 e. The van der Waals surface area contributed by atoms with E-state index in [0.717, 1.165) is 0 Å². The van der Waals surface area contributed by atoms with Crippen molar-refractivity contribution in [1.29, 1.82) is 0 Å². The first-order valence-corrected chi connectivity index (χ1v) is 10.0. The predicted molar refractivity (Wildman–Crippen MR) is 75.4 cm³/mol. The van der Waals surface area contributed by atoms with Crippen LogP contribution >= 0.6 is 0 Å². The second-order valence-corrected chi connectivity index (χ2v) is 11.5. The fourth-order valence-electron chi connectivity index (χ4n) is 3.04. The van der Waals surface area contributed by atoms with Crippen molar-refractivity contribution >= 4 is 13.3 Å². The fraction of sp³-hybridized carbons (Fsp3) is 0.600. The van der Waals surface area contributed by atoms with Crippen molar-refractivity contribution in [3.05, 3.63) is 29.3 Å². The van der Waals surface area contributed by atoms with Crippen molar-refractivity contribution in [2.24, 2.45) is 0 Å². The van der Waals surface area contributed by atoms with Gasteiger partial charge in [-0.1, -0.05) is 56.9 Å². The highest BCUT2D eigenvalue weighted by molar-refractivity contribution is 6.89. The first-order valence-electron chi connectivity index (χ1n) is 6.51. The highest BCUT2D eigenvalue weighted by Gasteiger charge is 2.37. The maximum atomic E-state index is 2.47. The molecule has 88 valence electrons. The number of hydrogen-bond acceptors (Lipinski definition) is 0. The van der Waals surface area contributed by atoms with Gasteiger partial charge in [-0.15, -0.1) is 0 Å². The zero-order valence-electron chi connectivity index (χ0n) is 11.4. The smallest absolute Gasteiger partial charge is 0.0656 e. The highest BCUT2D eigenvalue weighted by atomic mass is 28.3.